The highest BCUT2D eigenvalue weighted by atomic mass is 16.6. The van der Waals surface area contributed by atoms with Crippen molar-refractivity contribution in [1.29, 1.82) is 5.26 Å². The lowest BCUT2D eigenvalue weighted by atomic mass is 9.98. The molecule has 160 valence electrons. The van der Waals surface area contributed by atoms with E-state index in [1.54, 1.807) is 13.0 Å². The zero-order chi connectivity index (χ0) is 21.9. The standard InChI is InChI=1S/C21H26N4O5/c1-14-7-9-24(10-8-14)18-6-5-16(25(28)29)11-17(18)20(27)30-12-19(26)23-21(2,13-22)15-3-4-15/h5-6,11,14-15H,3-4,7-10,12H2,1-2H3,(H,23,26)/t21-/m1/s1. The molecule has 1 heterocycles. The van der Waals surface area contributed by atoms with Crippen LogP contribution in [-0.4, -0.2) is 42.0 Å². The van der Waals surface area contributed by atoms with Gasteiger partial charge in [-0.2, -0.15) is 5.26 Å². The molecular weight excluding hydrogens is 388 g/mol. The minimum Gasteiger partial charge on any atom is -0.452 e. The van der Waals surface area contributed by atoms with E-state index in [-0.39, 0.29) is 17.2 Å². The van der Waals surface area contributed by atoms with Crippen LogP contribution in [0, 0.1) is 33.3 Å². The van der Waals surface area contributed by atoms with Crippen LogP contribution in [0.4, 0.5) is 11.4 Å². The number of anilines is 1. The Hall–Kier alpha value is -3.15. The molecule has 1 aliphatic heterocycles. The van der Waals surface area contributed by atoms with Crippen molar-refractivity contribution in [2.75, 3.05) is 24.6 Å². The van der Waals surface area contributed by atoms with Gasteiger partial charge < -0.3 is 15.0 Å². The van der Waals surface area contributed by atoms with Gasteiger partial charge in [0.05, 0.1) is 22.2 Å². The summed E-state index contributed by atoms with van der Waals surface area (Å²) in [5.41, 5.74) is -0.564. The molecule has 1 amide bonds. The topological polar surface area (TPSA) is 126 Å². The number of ether oxygens (including phenoxy) is 1. The Morgan fingerprint density at radius 1 is 1.33 bits per heavy atom. The number of nitro benzene ring substituents is 1. The Bertz CT molecular complexity index is 884. The fourth-order valence-electron chi connectivity index (χ4n) is 3.74. The summed E-state index contributed by atoms with van der Waals surface area (Å²) in [5, 5.41) is 23.1. The third-order valence-electron chi connectivity index (χ3n) is 5.89. The van der Waals surface area contributed by atoms with Gasteiger partial charge in [-0.25, -0.2) is 4.79 Å². The van der Waals surface area contributed by atoms with Gasteiger partial charge in [-0.05, 0) is 50.5 Å². The van der Waals surface area contributed by atoms with Crippen LogP contribution >= 0.6 is 0 Å². The molecule has 1 saturated heterocycles. The Balaban J connectivity index is 1.71. The number of hydrogen-bond acceptors (Lipinski definition) is 7. The van der Waals surface area contributed by atoms with E-state index < -0.39 is 28.9 Å². The maximum absolute atomic E-state index is 12.7. The summed E-state index contributed by atoms with van der Waals surface area (Å²) >= 11 is 0. The third kappa shape index (κ3) is 4.87. The highest BCUT2D eigenvalue weighted by Gasteiger charge is 2.43. The molecule has 0 spiro atoms. The van der Waals surface area contributed by atoms with E-state index in [1.807, 2.05) is 4.90 Å². The molecule has 0 bridgehead atoms. The molecule has 1 aromatic carbocycles. The second kappa shape index (κ2) is 8.69. The number of rotatable bonds is 7. The van der Waals surface area contributed by atoms with Crippen molar-refractivity contribution in [3.63, 3.8) is 0 Å². The molecule has 0 aromatic heterocycles. The number of non-ortho nitro benzene ring substituents is 1. The number of nitriles is 1. The van der Waals surface area contributed by atoms with E-state index in [0.29, 0.717) is 11.6 Å². The lowest BCUT2D eigenvalue weighted by Crippen LogP contribution is -2.48. The number of piperidine rings is 1. The summed E-state index contributed by atoms with van der Waals surface area (Å²) in [6, 6.07) is 6.23. The third-order valence-corrected chi connectivity index (χ3v) is 5.89. The van der Waals surface area contributed by atoms with E-state index in [0.717, 1.165) is 38.8 Å². The van der Waals surface area contributed by atoms with E-state index in [1.165, 1.54) is 12.1 Å². The molecule has 9 heteroatoms. The van der Waals surface area contributed by atoms with Crippen molar-refractivity contribution in [2.24, 2.45) is 11.8 Å². The van der Waals surface area contributed by atoms with Crippen molar-refractivity contribution in [3.05, 3.63) is 33.9 Å². The largest absolute Gasteiger partial charge is 0.452 e. The highest BCUT2D eigenvalue weighted by molar-refractivity contribution is 5.97. The predicted molar refractivity (Wildman–Crippen MR) is 109 cm³/mol. The van der Waals surface area contributed by atoms with Crippen LogP contribution in [0.1, 0.15) is 49.9 Å². The number of hydrogen-bond donors (Lipinski definition) is 1. The van der Waals surface area contributed by atoms with Crippen LogP contribution in [0.2, 0.25) is 0 Å². The van der Waals surface area contributed by atoms with Crippen LogP contribution in [0.3, 0.4) is 0 Å². The van der Waals surface area contributed by atoms with E-state index in [2.05, 4.69) is 18.3 Å². The molecule has 3 rings (SSSR count). The summed E-state index contributed by atoms with van der Waals surface area (Å²) in [4.78, 5) is 37.6. The van der Waals surface area contributed by atoms with Crippen LogP contribution in [0.25, 0.3) is 0 Å². The van der Waals surface area contributed by atoms with Crippen LogP contribution in [-0.2, 0) is 9.53 Å². The monoisotopic (exact) mass is 414 g/mol. The number of carbonyl (C=O) groups is 2. The lowest BCUT2D eigenvalue weighted by Gasteiger charge is -2.33. The molecule has 0 unspecified atom stereocenters. The van der Waals surface area contributed by atoms with Gasteiger partial charge in [0.15, 0.2) is 6.61 Å². The molecule has 1 saturated carbocycles. The minimum atomic E-state index is -0.981. The summed E-state index contributed by atoms with van der Waals surface area (Å²) in [7, 11) is 0. The number of nitrogens with one attached hydrogen (secondary N) is 1. The fraction of sp³-hybridized carbons (Fsp3) is 0.571. The Morgan fingerprint density at radius 3 is 2.57 bits per heavy atom. The van der Waals surface area contributed by atoms with Gasteiger partial charge in [0.25, 0.3) is 11.6 Å². The van der Waals surface area contributed by atoms with E-state index in [9.17, 15) is 25.0 Å². The first-order valence-corrected chi connectivity index (χ1v) is 10.2. The van der Waals surface area contributed by atoms with Crippen LogP contribution in [0.15, 0.2) is 18.2 Å². The maximum Gasteiger partial charge on any atom is 0.341 e. The first-order chi connectivity index (χ1) is 14.2. The number of nitrogens with zero attached hydrogens (tertiary/aromatic N) is 3. The molecule has 1 N–H and O–H groups in total. The summed E-state index contributed by atoms with van der Waals surface area (Å²) < 4.78 is 5.16. The van der Waals surface area contributed by atoms with E-state index >= 15 is 0 Å². The van der Waals surface area contributed by atoms with Gasteiger partial charge in [0.2, 0.25) is 0 Å². The SMILES string of the molecule is CC1CCN(c2ccc([N+](=O)[O-])cc2C(=O)OCC(=O)N[C@](C)(C#N)C2CC2)CC1. The molecule has 30 heavy (non-hydrogen) atoms. The highest BCUT2D eigenvalue weighted by Crippen LogP contribution is 2.39. The van der Waals surface area contributed by atoms with Crippen molar-refractivity contribution in [1.82, 2.24) is 5.32 Å². The molecule has 1 aliphatic carbocycles. The van der Waals surface area contributed by atoms with Gasteiger partial charge in [-0.1, -0.05) is 6.92 Å². The van der Waals surface area contributed by atoms with Gasteiger partial charge in [0, 0.05) is 25.2 Å². The molecule has 9 nitrogen and oxygen atoms in total. The Labute approximate surface area is 175 Å². The first kappa shape index (κ1) is 21.6. The lowest BCUT2D eigenvalue weighted by molar-refractivity contribution is -0.384. The quantitative estimate of drug-likeness (QED) is 0.413. The van der Waals surface area contributed by atoms with Gasteiger partial charge >= 0.3 is 5.97 Å². The normalized spacial score (nSPS) is 18.8. The fourth-order valence-corrected chi connectivity index (χ4v) is 3.74. The van der Waals surface area contributed by atoms with Crippen molar-refractivity contribution in [2.45, 2.75) is 45.1 Å². The number of esters is 1. The summed E-state index contributed by atoms with van der Waals surface area (Å²) in [6.45, 7) is 4.74. The second-order valence-corrected chi connectivity index (χ2v) is 8.34. The maximum atomic E-state index is 12.7. The zero-order valence-corrected chi connectivity index (χ0v) is 17.2. The van der Waals surface area contributed by atoms with Gasteiger partial charge in [-0.15, -0.1) is 0 Å². The summed E-state index contributed by atoms with van der Waals surface area (Å²) in [5.74, 6) is -0.683. The Kier molecular flexibility index (Phi) is 6.25. The molecule has 2 aliphatic rings. The predicted octanol–water partition coefficient (Wildman–Crippen LogP) is 2.80. The number of amides is 1. The number of carbonyl (C=O) groups excluding carboxylic acids is 2. The number of benzene rings is 1. The smallest absolute Gasteiger partial charge is 0.341 e. The summed E-state index contributed by atoms with van der Waals surface area (Å²) in [6.07, 6.45) is 3.66. The number of nitro groups is 1. The Morgan fingerprint density at radius 2 is 2.00 bits per heavy atom. The first-order valence-electron chi connectivity index (χ1n) is 10.2. The van der Waals surface area contributed by atoms with Gasteiger partial charge in [-0.3, -0.25) is 14.9 Å². The molecule has 2 fully saturated rings. The van der Waals surface area contributed by atoms with Crippen LogP contribution in [0.5, 0.6) is 0 Å². The average molecular weight is 414 g/mol. The molecular formula is C21H26N4O5. The van der Waals surface area contributed by atoms with Crippen molar-refractivity contribution >= 4 is 23.3 Å². The zero-order valence-electron chi connectivity index (χ0n) is 17.2. The molecule has 1 aromatic rings. The van der Waals surface area contributed by atoms with Gasteiger partial charge in [0.1, 0.15) is 5.54 Å². The average Bonchev–Trinajstić information content (AvgIpc) is 3.58. The minimum absolute atomic E-state index is 0.0665. The van der Waals surface area contributed by atoms with E-state index in [4.69, 9.17) is 4.74 Å². The van der Waals surface area contributed by atoms with Crippen molar-refractivity contribution < 1.29 is 19.2 Å². The molecule has 1 atom stereocenters. The van der Waals surface area contributed by atoms with Crippen LogP contribution < -0.4 is 10.2 Å². The van der Waals surface area contributed by atoms with Crippen molar-refractivity contribution in [3.8, 4) is 6.07 Å². The molecule has 0 radical (unpaired) electrons. The second-order valence-electron chi connectivity index (χ2n) is 8.34.